The molecule has 1 saturated heterocycles. The van der Waals surface area contributed by atoms with E-state index in [0.717, 1.165) is 18.3 Å². The van der Waals surface area contributed by atoms with Gasteiger partial charge in [0.2, 0.25) is 11.9 Å². The van der Waals surface area contributed by atoms with Gasteiger partial charge >= 0.3 is 6.18 Å². The van der Waals surface area contributed by atoms with Crippen LogP contribution in [-0.4, -0.2) is 34.2 Å². The molecule has 10 heteroatoms. The largest absolute Gasteiger partial charge is 0.433 e. The Bertz CT molecular complexity index is 1200. The monoisotopic (exact) mass is 475 g/mol. The standard InChI is InChI=1S/C24H21F4N3O3/c1-22(2,33)18-9-19(24(26,27)28)29-11-17(18)14-3-5-15(6-4-14)23(12-34-13-23)21(32)31-16-7-8-20(25)30-10-16/h3-11,33H,12-13H2,1-2H3,(H,31,32). The lowest BCUT2D eigenvalue weighted by Gasteiger charge is -2.40. The molecule has 0 aliphatic carbocycles. The molecule has 1 amide bonds. The number of hydrogen-bond acceptors (Lipinski definition) is 5. The number of ether oxygens (including phenoxy) is 1. The number of benzene rings is 1. The molecule has 3 heterocycles. The highest BCUT2D eigenvalue weighted by Crippen LogP contribution is 2.38. The Kier molecular flexibility index (Phi) is 5.91. The summed E-state index contributed by atoms with van der Waals surface area (Å²) in [6.07, 6.45) is -2.35. The second kappa shape index (κ2) is 8.44. The second-order valence-electron chi connectivity index (χ2n) is 8.65. The number of halogens is 4. The van der Waals surface area contributed by atoms with Crippen molar-refractivity contribution in [1.82, 2.24) is 9.97 Å². The van der Waals surface area contributed by atoms with E-state index in [2.05, 4.69) is 15.3 Å². The maximum absolute atomic E-state index is 13.2. The van der Waals surface area contributed by atoms with Crippen LogP contribution in [0.4, 0.5) is 23.2 Å². The van der Waals surface area contributed by atoms with Crippen LogP contribution in [0.3, 0.4) is 0 Å². The van der Waals surface area contributed by atoms with Crippen molar-refractivity contribution in [2.75, 3.05) is 18.5 Å². The Morgan fingerprint density at radius 2 is 1.74 bits per heavy atom. The van der Waals surface area contributed by atoms with Crippen LogP contribution >= 0.6 is 0 Å². The first kappa shape index (κ1) is 23.8. The quantitative estimate of drug-likeness (QED) is 0.421. The summed E-state index contributed by atoms with van der Waals surface area (Å²) in [6.45, 7) is 3.05. The van der Waals surface area contributed by atoms with Crippen LogP contribution in [0.25, 0.3) is 11.1 Å². The molecule has 1 aliphatic rings. The summed E-state index contributed by atoms with van der Waals surface area (Å²) in [5.41, 5.74) is -1.71. The summed E-state index contributed by atoms with van der Waals surface area (Å²) in [4.78, 5) is 20.1. The highest BCUT2D eigenvalue weighted by atomic mass is 19.4. The van der Waals surface area contributed by atoms with Crippen molar-refractivity contribution in [3.05, 3.63) is 77.6 Å². The van der Waals surface area contributed by atoms with Crippen LogP contribution in [0.15, 0.2) is 54.9 Å². The van der Waals surface area contributed by atoms with Gasteiger partial charge in [-0.2, -0.15) is 17.6 Å². The minimum absolute atomic E-state index is 0.0748. The molecule has 1 aromatic carbocycles. The number of hydrogen-bond donors (Lipinski definition) is 2. The first-order valence-electron chi connectivity index (χ1n) is 10.3. The Morgan fingerprint density at radius 1 is 1.06 bits per heavy atom. The molecule has 0 atom stereocenters. The van der Waals surface area contributed by atoms with E-state index in [-0.39, 0.29) is 24.7 Å². The zero-order valence-corrected chi connectivity index (χ0v) is 18.3. The van der Waals surface area contributed by atoms with Crippen LogP contribution in [0, 0.1) is 5.95 Å². The Hall–Kier alpha value is -3.37. The molecule has 34 heavy (non-hydrogen) atoms. The van der Waals surface area contributed by atoms with Crippen molar-refractivity contribution < 1.29 is 32.2 Å². The van der Waals surface area contributed by atoms with Crippen LogP contribution < -0.4 is 5.32 Å². The predicted molar refractivity (Wildman–Crippen MR) is 115 cm³/mol. The van der Waals surface area contributed by atoms with Crippen LogP contribution in [0.1, 0.15) is 30.7 Å². The molecule has 3 aromatic rings. The lowest BCUT2D eigenvalue weighted by Crippen LogP contribution is -2.55. The number of pyridine rings is 2. The van der Waals surface area contributed by atoms with Gasteiger partial charge in [0.15, 0.2) is 0 Å². The molecular formula is C24H21F4N3O3. The topological polar surface area (TPSA) is 84.3 Å². The number of carbonyl (C=O) groups is 1. The second-order valence-corrected chi connectivity index (χ2v) is 8.65. The summed E-state index contributed by atoms with van der Waals surface area (Å²) in [5, 5.41) is 13.2. The van der Waals surface area contributed by atoms with Crippen LogP contribution in [-0.2, 0) is 26.7 Å². The third kappa shape index (κ3) is 4.51. The number of nitrogens with one attached hydrogen (secondary N) is 1. The van der Waals surface area contributed by atoms with E-state index in [4.69, 9.17) is 4.74 Å². The fourth-order valence-corrected chi connectivity index (χ4v) is 3.75. The minimum Gasteiger partial charge on any atom is -0.386 e. The molecule has 6 nitrogen and oxygen atoms in total. The SMILES string of the molecule is CC(C)(O)c1cc(C(F)(F)F)ncc1-c1ccc(C2(C(=O)Nc3ccc(F)nc3)COC2)cc1. The zero-order chi connectivity index (χ0) is 24.7. The van der Waals surface area contributed by atoms with Gasteiger partial charge in [-0.05, 0) is 48.7 Å². The maximum atomic E-state index is 13.2. The van der Waals surface area contributed by atoms with Crippen molar-refractivity contribution in [2.45, 2.75) is 31.0 Å². The number of anilines is 1. The molecule has 1 aliphatic heterocycles. The lowest BCUT2D eigenvalue weighted by molar-refractivity contribution is -0.141. The fourth-order valence-electron chi connectivity index (χ4n) is 3.75. The van der Waals surface area contributed by atoms with E-state index in [1.807, 2.05) is 0 Å². The van der Waals surface area contributed by atoms with Crippen LogP contribution in [0.2, 0.25) is 0 Å². The van der Waals surface area contributed by atoms with Crippen molar-refractivity contribution in [2.24, 2.45) is 0 Å². The van der Waals surface area contributed by atoms with Crippen molar-refractivity contribution >= 4 is 11.6 Å². The molecular weight excluding hydrogens is 454 g/mol. The van der Waals surface area contributed by atoms with Crippen molar-refractivity contribution in [3.8, 4) is 11.1 Å². The molecule has 0 radical (unpaired) electrons. The molecule has 0 unspecified atom stereocenters. The van der Waals surface area contributed by atoms with E-state index >= 15 is 0 Å². The van der Waals surface area contributed by atoms with Gasteiger partial charge in [0.1, 0.15) is 11.1 Å². The summed E-state index contributed by atoms with van der Waals surface area (Å²) in [6, 6.07) is 10.1. The number of nitrogens with zero attached hydrogens (tertiary/aromatic N) is 2. The fraction of sp³-hybridized carbons (Fsp3) is 0.292. The maximum Gasteiger partial charge on any atom is 0.433 e. The van der Waals surface area contributed by atoms with Crippen LogP contribution in [0.5, 0.6) is 0 Å². The normalized spacial score (nSPS) is 15.5. The molecule has 0 spiro atoms. The summed E-state index contributed by atoms with van der Waals surface area (Å²) >= 11 is 0. The summed E-state index contributed by atoms with van der Waals surface area (Å²) in [7, 11) is 0. The van der Waals surface area contributed by atoms with E-state index < -0.39 is 28.8 Å². The molecule has 0 saturated carbocycles. The van der Waals surface area contributed by atoms with Crippen molar-refractivity contribution in [1.29, 1.82) is 0 Å². The molecule has 0 bridgehead atoms. The van der Waals surface area contributed by atoms with Gasteiger partial charge in [-0.1, -0.05) is 24.3 Å². The van der Waals surface area contributed by atoms with Gasteiger partial charge in [0.25, 0.3) is 0 Å². The van der Waals surface area contributed by atoms with E-state index in [1.165, 1.54) is 26.1 Å². The van der Waals surface area contributed by atoms with Gasteiger partial charge in [0.05, 0.1) is 30.7 Å². The number of carbonyl (C=O) groups excluding carboxylic acids is 1. The summed E-state index contributed by atoms with van der Waals surface area (Å²) < 4.78 is 57.8. The number of alkyl halides is 3. The number of aromatic nitrogens is 2. The van der Waals surface area contributed by atoms with Crippen molar-refractivity contribution in [3.63, 3.8) is 0 Å². The lowest BCUT2D eigenvalue weighted by atomic mass is 9.77. The first-order chi connectivity index (χ1) is 15.9. The molecule has 4 rings (SSSR count). The van der Waals surface area contributed by atoms with Gasteiger partial charge in [-0.25, -0.2) is 4.98 Å². The first-order valence-corrected chi connectivity index (χ1v) is 10.3. The van der Waals surface area contributed by atoms with Gasteiger partial charge in [-0.15, -0.1) is 0 Å². The minimum atomic E-state index is -4.65. The summed E-state index contributed by atoms with van der Waals surface area (Å²) in [5.74, 6) is -1.02. The third-order valence-corrected chi connectivity index (χ3v) is 5.72. The predicted octanol–water partition coefficient (Wildman–Crippen LogP) is 4.44. The molecule has 2 aromatic heterocycles. The Balaban J connectivity index is 1.65. The highest BCUT2D eigenvalue weighted by Gasteiger charge is 2.47. The van der Waals surface area contributed by atoms with Gasteiger partial charge in [0, 0.05) is 11.8 Å². The van der Waals surface area contributed by atoms with Gasteiger partial charge < -0.3 is 15.2 Å². The number of rotatable bonds is 5. The zero-order valence-electron chi connectivity index (χ0n) is 18.3. The smallest absolute Gasteiger partial charge is 0.386 e. The molecule has 178 valence electrons. The molecule has 2 N–H and O–H groups in total. The average molecular weight is 475 g/mol. The number of amides is 1. The van der Waals surface area contributed by atoms with E-state index in [0.29, 0.717) is 22.4 Å². The third-order valence-electron chi connectivity index (χ3n) is 5.72. The van der Waals surface area contributed by atoms with Gasteiger partial charge in [-0.3, -0.25) is 9.78 Å². The average Bonchev–Trinajstić information content (AvgIpc) is 2.73. The highest BCUT2D eigenvalue weighted by molar-refractivity contribution is 6.00. The Labute approximate surface area is 192 Å². The van der Waals surface area contributed by atoms with E-state index in [9.17, 15) is 27.5 Å². The number of aliphatic hydroxyl groups is 1. The van der Waals surface area contributed by atoms with E-state index in [1.54, 1.807) is 24.3 Å². The molecule has 1 fully saturated rings. The Morgan fingerprint density at radius 3 is 2.24 bits per heavy atom.